The van der Waals surface area contributed by atoms with E-state index < -0.39 is 0 Å². The molecule has 3 heteroatoms. The topological polar surface area (TPSA) is 21.3 Å². The van der Waals surface area contributed by atoms with E-state index in [4.69, 9.17) is 4.74 Å². The van der Waals surface area contributed by atoms with Crippen LogP contribution in [-0.4, -0.2) is 23.1 Å². The Labute approximate surface area is 113 Å². The zero-order chi connectivity index (χ0) is 12.6. The third kappa shape index (κ3) is 2.26. The van der Waals surface area contributed by atoms with Crippen LogP contribution in [0.25, 0.3) is 0 Å². The molecule has 0 radical (unpaired) electrons. The Morgan fingerprint density at radius 3 is 2.72 bits per heavy atom. The molecule has 2 aliphatic heterocycles. The van der Waals surface area contributed by atoms with Crippen molar-refractivity contribution in [2.45, 2.75) is 44.4 Å². The van der Waals surface area contributed by atoms with Crippen molar-refractivity contribution in [3.8, 4) is 5.75 Å². The molecule has 2 aliphatic rings. The molecule has 2 heterocycles. The van der Waals surface area contributed by atoms with Crippen molar-refractivity contribution in [2.24, 2.45) is 0 Å². The number of hydrogen-bond acceptors (Lipinski definition) is 3. The molecule has 0 spiro atoms. The lowest BCUT2D eigenvalue weighted by atomic mass is 9.93. The zero-order valence-electron chi connectivity index (χ0n) is 11.1. The van der Waals surface area contributed by atoms with Crippen molar-refractivity contribution in [2.75, 3.05) is 11.5 Å². The van der Waals surface area contributed by atoms with Crippen molar-refractivity contribution in [1.82, 2.24) is 5.32 Å². The number of benzene rings is 1. The van der Waals surface area contributed by atoms with Crippen LogP contribution in [0, 0.1) is 0 Å². The Hall–Kier alpha value is -0.670. The molecule has 0 amide bonds. The smallest absolute Gasteiger partial charge is 0.125 e. The summed E-state index contributed by atoms with van der Waals surface area (Å²) in [5.41, 5.74) is 1.18. The van der Waals surface area contributed by atoms with E-state index in [1.54, 1.807) is 0 Å². The lowest BCUT2D eigenvalue weighted by Gasteiger charge is -2.32. The van der Waals surface area contributed by atoms with E-state index in [2.05, 4.69) is 55.2 Å². The summed E-state index contributed by atoms with van der Waals surface area (Å²) in [4.78, 5) is 0. The highest BCUT2D eigenvalue weighted by molar-refractivity contribution is 7.99. The summed E-state index contributed by atoms with van der Waals surface area (Å²) in [5.74, 6) is 3.62. The van der Waals surface area contributed by atoms with E-state index in [1.807, 2.05) is 0 Å². The molecule has 1 N–H and O–H groups in total. The molecule has 2 nitrogen and oxygen atoms in total. The van der Waals surface area contributed by atoms with E-state index in [0.717, 1.165) is 5.75 Å². The minimum Gasteiger partial charge on any atom is -0.486 e. The second-order valence-corrected chi connectivity index (χ2v) is 6.95. The van der Waals surface area contributed by atoms with Crippen LogP contribution in [0.2, 0.25) is 0 Å². The number of thioether (sulfide) groups is 1. The number of hydrogen-bond donors (Lipinski definition) is 1. The molecule has 0 bridgehead atoms. The first-order valence-electron chi connectivity index (χ1n) is 6.78. The lowest BCUT2D eigenvalue weighted by molar-refractivity contribution is 0.0902. The summed E-state index contributed by atoms with van der Waals surface area (Å²) in [5, 5.41) is 3.83. The predicted octanol–water partition coefficient (Wildman–Crippen LogP) is 3.38. The fourth-order valence-corrected chi connectivity index (χ4v) is 4.03. The standard InChI is InChI=1S/C15H21NOS/c1-15(2)14(16-11-7-9-18-10-8-11)12-5-3-4-6-13(12)17-15/h3-6,11,14,16H,7-10H2,1-2H3. The van der Waals surface area contributed by atoms with Crippen molar-refractivity contribution >= 4 is 11.8 Å². The first kappa shape index (κ1) is 12.4. The minimum absolute atomic E-state index is 0.145. The maximum atomic E-state index is 6.08. The van der Waals surface area contributed by atoms with E-state index in [0.29, 0.717) is 12.1 Å². The normalized spacial score (nSPS) is 26.7. The SMILES string of the molecule is CC1(C)Oc2ccccc2C1NC1CCSCC1. The highest BCUT2D eigenvalue weighted by Crippen LogP contribution is 2.43. The van der Waals surface area contributed by atoms with Crippen LogP contribution < -0.4 is 10.1 Å². The molecule has 1 saturated heterocycles. The number of para-hydroxylation sites is 1. The molecule has 1 aromatic rings. The van der Waals surface area contributed by atoms with Gasteiger partial charge in [0.2, 0.25) is 0 Å². The summed E-state index contributed by atoms with van der Waals surface area (Å²) < 4.78 is 6.08. The summed E-state index contributed by atoms with van der Waals surface area (Å²) in [6, 6.07) is 9.39. The predicted molar refractivity (Wildman–Crippen MR) is 77.4 cm³/mol. The van der Waals surface area contributed by atoms with Gasteiger partial charge in [0, 0.05) is 11.6 Å². The number of nitrogens with one attached hydrogen (secondary N) is 1. The Bertz CT molecular complexity index is 426. The monoisotopic (exact) mass is 263 g/mol. The summed E-state index contributed by atoms with van der Waals surface area (Å²) >= 11 is 2.07. The third-order valence-electron chi connectivity index (χ3n) is 3.92. The second kappa shape index (κ2) is 4.78. The fourth-order valence-electron chi connectivity index (χ4n) is 2.92. The Kier molecular flexibility index (Phi) is 3.29. The van der Waals surface area contributed by atoms with Crippen molar-refractivity contribution in [3.63, 3.8) is 0 Å². The molecule has 1 aromatic carbocycles. The van der Waals surface area contributed by atoms with Crippen molar-refractivity contribution < 1.29 is 4.74 Å². The Morgan fingerprint density at radius 1 is 1.22 bits per heavy atom. The van der Waals surface area contributed by atoms with E-state index >= 15 is 0 Å². The summed E-state index contributed by atoms with van der Waals surface area (Å²) in [7, 11) is 0. The van der Waals surface area contributed by atoms with Gasteiger partial charge in [0.25, 0.3) is 0 Å². The molecule has 1 fully saturated rings. The third-order valence-corrected chi connectivity index (χ3v) is 4.97. The number of rotatable bonds is 2. The van der Waals surface area contributed by atoms with E-state index in [9.17, 15) is 0 Å². The average Bonchev–Trinajstić information content (AvgIpc) is 2.62. The maximum absolute atomic E-state index is 6.08. The van der Waals surface area contributed by atoms with Gasteiger partial charge in [-0.25, -0.2) is 0 Å². The first-order valence-corrected chi connectivity index (χ1v) is 7.94. The highest BCUT2D eigenvalue weighted by Gasteiger charge is 2.41. The van der Waals surface area contributed by atoms with Gasteiger partial charge in [-0.05, 0) is 44.3 Å². The van der Waals surface area contributed by atoms with Crippen LogP contribution in [0.4, 0.5) is 0 Å². The molecule has 0 aromatic heterocycles. The molecule has 3 rings (SSSR count). The van der Waals surface area contributed by atoms with Crippen LogP contribution in [0.1, 0.15) is 38.3 Å². The molecule has 98 valence electrons. The van der Waals surface area contributed by atoms with E-state index in [-0.39, 0.29) is 5.60 Å². The average molecular weight is 263 g/mol. The molecular weight excluding hydrogens is 242 g/mol. The number of ether oxygens (including phenoxy) is 1. The molecule has 0 saturated carbocycles. The van der Waals surface area contributed by atoms with Gasteiger partial charge < -0.3 is 10.1 Å². The fraction of sp³-hybridized carbons (Fsp3) is 0.600. The van der Waals surface area contributed by atoms with Gasteiger partial charge in [-0.1, -0.05) is 18.2 Å². The van der Waals surface area contributed by atoms with E-state index in [1.165, 1.54) is 29.9 Å². The molecule has 18 heavy (non-hydrogen) atoms. The van der Waals surface area contributed by atoms with Gasteiger partial charge in [-0.15, -0.1) is 0 Å². The zero-order valence-corrected chi connectivity index (χ0v) is 11.9. The molecule has 1 atom stereocenters. The van der Waals surface area contributed by atoms with Crippen LogP contribution in [0.15, 0.2) is 24.3 Å². The summed E-state index contributed by atoms with van der Waals surface area (Å²) in [6.45, 7) is 4.37. The first-order chi connectivity index (χ1) is 8.67. The van der Waals surface area contributed by atoms with Crippen molar-refractivity contribution in [3.05, 3.63) is 29.8 Å². The highest BCUT2D eigenvalue weighted by atomic mass is 32.2. The van der Waals surface area contributed by atoms with Crippen molar-refractivity contribution in [1.29, 1.82) is 0 Å². The van der Waals surface area contributed by atoms with Gasteiger partial charge in [-0.3, -0.25) is 0 Å². The van der Waals surface area contributed by atoms with Crippen LogP contribution in [0.3, 0.4) is 0 Å². The van der Waals surface area contributed by atoms with Crippen LogP contribution in [-0.2, 0) is 0 Å². The number of fused-ring (bicyclic) bond motifs is 1. The Balaban J connectivity index is 1.81. The van der Waals surface area contributed by atoms with Gasteiger partial charge >= 0.3 is 0 Å². The minimum atomic E-state index is -0.145. The second-order valence-electron chi connectivity index (χ2n) is 5.73. The quantitative estimate of drug-likeness (QED) is 0.884. The molecule has 1 unspecified atom stereocenters. The maximum Gasteiger partial charge on any atom is 0.125 e. The Morgan fingerprint density at radius 2 is 1.94 bits per heavy atom. The largest absolute Gasteiger partial charge is 0.486 e. The van der Waals surface area contributed by atoms with Crippen LogP contribution in [0.5, 0.6) is 5.75 Å². The van der Waals surface area contributed by atoms with Gasteiger partial charge in [-0.2, -0.15) is 11.8 Å². The van der Waals surface area contributed by atoms with Gasteiger partial charge in [0.15, 0.2) is 0 Å². The summed E-state index contributed by atoms with van der Waals surface area (Å²) in [6.07, 6.45) is 2.55. The lowest BCUT2D eigenvalue weighted by Crippen LogP contribution is -2.44. The van der Waals surface area contributed by atoms with Crippen LogP contribution >= 0.6 is 11.8 Å². The van der Waals surface area contributed by atoms with Gasteiger partial charge in [0.1, 0.15) is 11.4 Å². The van der Waals surface area contributed by atoms with Gasteiger partial charge in [0.05, 0.1) is 6.04 Å². The molecular formula is C15H21NOS. The molecule has 0 aliphatic carbocycles.